The van der Waals surface area contributed by atoms with Crippen molar-refractivity contribution in [1.82, 2.24) is 9.71 Å². The van der Waals surface area contributed by atoms with Gasteiger partial charge in [-0.05, 0) is 24.1 Å². The fourth-order valence-corrected chi connectivity index (χ4v) is 3.94. The van der Waals surface area contributed by atoms with Gasteiger partial charge in [0, 0.05) is 11.6 Å². The molecule has 0 amide bonds. The Morgan fingerprint density at radius 3 is 2.86 bits per heavy atom. The third kappa shape index (κ3) is 3.66. The Morgan fingerprint density at radius 1 is 1.48 bits per heavy atom. The minimum Gasteiger partial charge on any atom is -0.478 e. The average Bonchev–Trinajstić information content (AvgIpc) is 2.96. The van der Waals surface area contributed by atoms with Crippen LogP contribution in [0.1, 0.15) is 28.5 Å². The van der Waals surface area contributed by atoms with Crippen LogP contribution >= 0.6 is 11.3 Å². The van der Waals surface area contributed by atoms with Crippen molar-refractivity contribution in [3.8, 4) is 0 Å². The van der Waals surface area contributed by atoms with Gasteiger partial charge in [-0.3, -0.25) is 4.98 Å². The number of pyridine rings is 1. The summed E-state index contributed by atoms with van der Waals surface area (Å²) in [6.07, 6.45) is 2.36. The van der Waals surface area contributed by atoms with Crippen LogP contribution in [-0.2, 0) is 23.0 Å². The Hall–Kier alpha value is -1.77. The van der Waals surface area contributed by atoms with Crippen molar-refractivity contribution < 1.29 is 18.3 Å². The number of rotatable bonds is 6. The van der Waals surface area contributed by atoms with Gasteiger partial charge in [0.05, 0.1) is 17.8 Å². The summed E-state index contributed by atoms with van der Waals surface area (Å²) < 4.78 is 26.7. The van der Waals surface area contributed by atoms with Gasteiger partial charge in [0.15, 0.2) is 0 Å². The molecule has 0 spiro atoms. The number of nitrogens with one attached hydrogen (secondary N) is 1. The average molecular weight is 326 g/mol. The topological polar surface area (TPSA) is 96.4 Å². The molecule has 8 heteroatoms. The molecule has 21 heavy (non-hydrogen) atoms. The zero-order valence-electron chi connectivity index (χ0n) is 11.2. The first-order valence-electron chi connectivity index (χ1n) is 6.18. The van der Waals surface area contributed by atoms with Gasteiger partial charge >= 0.3 is 5.97 Å². The maximum atomic E-state index is 12.1. The summed E-state index contributed by atoms with van der Waals surface area (Å²) in [5.41, 5.74) is 1.60. The summed E-state index contributed by atoms with van der Waals surface area (Å²) in [4.78, 5) is 14.9. The van der Waals surface area contributed by atoms with Gasteiger partial charge < -0.3 is 5.11 Å². The van der Waals surface area contributed by atoms with Gasteiger partial charge in [0.2, 0.25) is 10.0 Å². The maximum absolute atomic E-state index is 12.1. The number of carboxylic acids is 1. The number of aromatic nitrogens is 1. The lowest BCUT2D eigenvalue weighted by molar-refractivity contribution is 0.0697. The highest BCUT2D eigenvalue weighted by atomic mass is 32.2. The van der Waals surface area contributed by atoms with Gasteiger partial charge in [-0.1, -0.05) is 13.0 Å². The molecule has 0 saturated carbocycles. The van der Waals surface area contributed by atoms with E-state index in [2.05, 4.69) is 9.71 Å². The highest BCUT2D eigenvalue weighted by Crippen LogP contribution is 2.20. The lowest BCUT2D eigenvalue weighted by atomic mass is 10.1. The normalized spacial score (nSPS) is 11.5. The molecule has 6 nitrogen and oxygen atoms in total. The van der Waals surface area contributed by atoms with Gasteiger partial charge in [0.1, 0.15) is 4.21 Å². The molecule has 0 saturated heterocycles. The molecule has 0 aromatic carbocycles. The standard InChI is InChI=1S/C13H14N2O4S2/c1-2-9-4-3-5-14-11(9)7-15-21(18,19)12-6-10(8-20-12)13(16)17/h3-6,8,15H,2,7H2,1H3,(H,16,17). The van der Waals surface area contributed by atoms with E-state index >= 15 is 0 Å². The highest BCUT2D eigenvalue weighted by molar-refractivity contribution is 7.91. The number of hydrogen-bond donors (Lipinski definition) is 2. The van der Waals surface area contributed by atoms with Crippen molar-refractivity contribution in [3.05, 3.63) is 46.6 Å². The number of carboxylic acid groups (broad SMARTS) is 1. The molecule has 2 aromatic rings. The quantitative estimate of drug-likeness (QED) is 0.845. The van der Waals surface area contributed by atoms with Crippen molar-refractivity contribution >= 4 is 27.3 Å². The lowest BCUT2D eigenvalue weighted by Crippen LogP contribution is -2.23. The molecule has 2 aromatic heterocycles. The second-order valence-corrected chi connectivity index (χ2v) is 7.15. The minimum absolute atomic E-state index is 0.0196. The van der Waals surface area contributed by atoms with Gasteiger partial charge in [-0.2, -0.15) is 0 Å². The fourth-order valence-electron chi connectivity index (χ4n) is 1.76. The zero-order chi connectivity index (χ0) is 15.5. The Kier molecular flexibility index (Phi) is 4.71. The molecule has 0 unspecified atom stereocenters. The van der Waals surface area contributed by atoms with E-state index in [4.69, 9.17) is 5.11 Å². The molecular formula is C13H14N2O4S2. The largest absolute Gasteiger partial charge is 0.478 e. The SMILES string of the molecule is CCc1cccnc1CNS(=O)(=O)c1cc(C(=O)O)cs1. The van der Waals surface area contributed by atoms with Gasteiger partial charge in [-0.25, -0.2) is 17.9 Å². The lowest BCUT2D eigenvalue weighted by Gasteiger charge is -2.07. The van der Waals surface area contributed by atoms with Crippen molar-refractivity contribution in [2.24, 2.45) is 0 Å². The van der Waals surface area contributed by atoms with Crippen LogP contribution in [0.3, 0.4) is 0 Å². The van der Waals surface area contributed by atoms with Crippen LogP contribution in [0.2, 0.25) is 0 Å². The Morgan fingerprint density at radius 2 is 2.24 bits per heavy atom. The number of sulfonamides is 1. The van der Waals surface area contributed by atoms with Crippen molar-refractivity contribution in [2.75, 3.05) is 0 Å². The molecule has 112 valence electrons. The highest BCUT2D eigenvalue weighted by Gasteiger charge is 2.19. The molecule has 0 fully saturated rings. The Bertz CT molecular complexity index is 753. The van der Waals surface area contributed by atoms with E-state index in [0.29, 0.717) is 5.69 Å². The summed E-state index contributed by atoms with van der Waals surface area (Å²) in [5, 5.41) is 10.1. The first-order valence-corrected chi connectivity index (χ1v) is 8.54. The van der Waals surface area contributed by atoms with E-state index in [0.717, 1.165) is 29.4 Å². The summed E-state index contributed by atoms with van der Waals surface area (Å²) in [6.45, 7) is 2.04. The molecule has 0 aliphatic carbocycles. The summed E-state index contributed by atoms with van der Waals surface area (Å²) in [7, 11) is -3.73. The fraction of sp³-hybridized carbons (Fsp3) is 0.231. The molecule has 0 aliphatic rings. The predicted molar refractivity (Wildman–Crippen MR) is 78.9 cm³/mol. The van der Waals surface area contributed by atoms with Crippen molar-refractivity contribution in [1.29, 1.82) is 0 Å². The number of aryl methyl sites for hydroxylation is 1. The molecule has 2 rings (SSSR count). The summed E-state index contributed by atoms with van der Waals surface area (Å²) in [6, 6.07) is 4.84. The predicted octanol–water partition coefficient (Wildman–Crippen LogP) is 1.88. The monoisotopic (exact) mass is 326 g/mol. The molecule has 0 radical (unpaired) electrons. The van der Waals surface area contributed by atoms with Crippen LogP contribution in [0.5, 0.6) is 0 Å². The molecule has 0 aliphatic heterocycles. The minimum atomic E-state index is -3.73. The number of carbonyl (C=O) groups is 1. The first kappa shape index (κ1) is 15.6. The second kappa shape index (κ2) is 6.33. The van der Waals surface area contributed by atoms with E-state index in [-0.39, 0.29) is 16.3 Å². The Balaban J connectivity index is 2.16. The van der Waals surface area contributed by atoms with Crippen LogP contribution in [0, 0.1) is 0 Å². The Labute approximate surface area is 126 Å². The van der Waals surface area contributed by atoms with E-state index in [9.17, 15) is 13.2 Å². The third-order valence-corrected chi connectivity index (χ3v) is 5.72. The van der Waals surface area contributed by atoms with Crippen LogP contribution in [0.4, 0.5) is 0 Å². The number of nitrogens with zero attached hydrogens (tertiary/aromatic N) is 1. The van der Waals surface area contributed by atoms with Crippen LogP contribution in [0.15, 0.2) is 34.0 Å². The van der Waals surface area contributed by atoms with Crippen LogP contribution in [0.25, 0.3) is 0 Å². The maximum Gasteiger partial charge on any atom is 0.336 e. The number of aromatic carboxylic acids is 1. The summed E-state index contributed by atoms with van der Waals surface area (Å²) in [5.74, 6) is -1.15. The second-order valence-electron chi connectivity index (χ2n) is 4.25. The first-order chi connectivity index (χ1) is 9.94. The van der Waals surface area contributed by atoms with Crippen molar-refractivity contribution in [2.45, 2.75) is 24.1 Å². The molecule has 0 atom stereocenters. The van der Waals surface area contributed by atoms with Crippen LogP contribution < -0.4 is 4.72 Å². The van der Waals surface area contributed by atoms with Gasteiger partial charge in [-0.15, -0.1) is 11.3 Å². The zero-order valence-corrected chi connectivity index (χ0v) is 12.9. The smallest absolute Gasteiger partial charge is 0.336 e. The van der Waals surface area contributed by atoms with Crippen LogP contribution in [-0.4, -0.2) is 24.5 Å². The van der Waals surface area contributed by atoms with E-state index in [1.54, 1.807) is 12.3 Å². The van der Waals surface area contributed by atoms with Crippen molar-refractivity contribution in [3.63, 3.8) is 0 Å². The third-order valence-electron chi connectivity index (χ3n) is 2.88. The molecule has 0 bridgehead atoms. The summed E-state index contributed by atoms with van der Waals surface area (Å²) >= 11 is 0.878. The van der Waals surface area contributed by atoms with E-state index < -0.39 is 16.0 Å². The number of hydrogen-bond acceptors (Lipinski definition) is 5. The van der Waals surface area contributed by atoms with E-state index in [1.165, 1.54) is 5.38 Å². The van der Waals surface area contributed by atoms with Gasteiger partial charge in [0.25, 0.3) is 0 Å². The molecule has 2 N–H and O–H groups in total. The molecular weight excluding hydrogens is 312 g/mol. The number of thiophene rings is 1. The molecule has 2 heterocycles. The van der Waals surface area contributed by atoms with E-state index in [1.807, 2.05) is 13.0 Å².